The average Bonchev–Trinajstić information content (AvgIpc) is 2.46. The summed E-state index contributed by atoms with van der Waals surface area (Å²) in [6.45, 7) is 2.22. The van der Waals surface area contributed by atoms with Crippen LogP contribution in [0, 0.1) is 0 Å². The molecule has 106 valence electrons. The molecule has 0 aliphatic carbocycles. The summed E-state index contributed by atoms with van der Waals surface area (Å²) in [5.41, 5.74) is 2.29. The predicted molar refractivity (Wildman–Crippen MR) is 91.5 cm³/mol. The minimum absolute atomic E-state index is 0.301. The van der Waals surface area contributed by atoms with E-state index in [1.54, 1.807) is 0 Å². The minimum atomic E-state index is 0.301. The smallest absolute Gasteiger partial charge is 0.0648 e. The minimum Gasteiger partial charge on any atom is -0.377 e. The third kappa shape index (κ3) is 4.26. The van der Waals surface area contributed by atoms with Crippen molar-refractivity contribution in [1.82, 2.24) is 0 Å². The van der Waals surface area contributed by atoms with Gasteiger partial charge in [-0.25, -0.2) is 0 Å². The van der Waals surface area contributed by atoms with E-state index in [1.807, 2.05) is 24.3 Å². The summed E-state index contributed by atoms with van der Waals surface area (Å²) in [6, 6.07) is 16.8. The fourth-order valence-electron chi connectivity index (χ4n) is 2.21. The first kappa shape index (κ1) is 15.4. The van der Waals surface area contributed by atoms with Crippen LogP contribution in [0.4, 0.5) is 5.69 Å². The summed E-state index contributed by atoms with van der Waals surface area (Å²) >= 11 is 9.74. The van der Waals surface area contributed by atoms with Crippen molar-refractivity contribution in [2.75, 3.05) is 5.32 Å². The third-order valence-electron chi connectivity index (χ3n) is 3.31. The van der Waals surface area contributed by atoms with Crippen LogP contribution in [0.2, 0.25) is 5.02 Å². The monoisotopic (exact) mass is 351 g/mol. The number of hydrogen-bond acceptors (Lipinski definition) is 1. The lowest BCUT2D eigenvalue weighted by Crippen LogP contribution is -2.11. The number of rotatable bonds is 6. The second-order valence-electron chi connectivity index (χ2n) is 4.87. The Morgan fingerprint density at radius 3 is 2.55 bits per heavy atom. The number of hydrogen-bond donors (Lipinski definition) is 1. The lowest BCUT2D eigenvalue weighted by atomic mass is 10.0. The summed E-state index contributed by atoms with van der Waals surface area (Å²) in [5, 5.41) is 4.32. The summed E-state index contributed by atoms with van der Waals surface area (Å²) in [7, 11) is 0. The van der Waals surface area contributed by atoms with E-state index in [-0.39, 0.29) is 0 Å². The van der Waals surface area contributed by atoms with Gasteiger partial charge in [-0.2, -0.15) is 0 Å². The molecule has 0 aromatic heterocycles. The second kappa shape index (κ2) is 7.70. The molecule has 1 nitrogen and oxygen atoms in total. The van der Waals surface area contributed by atoms with Gasteiger partial charge in [0.05, 0.1) is 16.8 Å². The Hall–Kier alpha value is -0.990. The molecule has 0 radical (unpaired) electrons. The molecule has 1 atom stereocenters. The standard InChI is InChI=1S/C17H19BrClN/c1-2-3-9-16(13-7-5-4-6-8-13)20-17-11-10-14(18)12-15(17)19/h4-8,10-12,16,20H,2-3,9H2,1H3. The van der Waals surface area contributed by atoms with Crippen LogP contribution in [0.1, 0.15) is 37.8 Å². The molecule has 0 bridgehead atoms. The molecule has 0 spiro atoms. The zero-order valence-electron chi connectivity index (χ0n) is 11.6. The van der Waals surface area contributed by atoms with Gasteiger partial charge in [0.2, 0.25) is 0 Å². The van der Waals surface area contributed by atoms with Crippen molar-refractivity contribution in [3.8, 4) is 0 Å². The van der Waals surface area contributed by atoms with Crippen molar-refractivity contribution < 1.29 is 0 Å². The highest BCUT2D eigenvalue weighted by molar-refractivity contribution is 9.10. The first-order chi connectivity index (χ1) is 9.70. The zero-order valence-corrected chi connectivity index (χ0v) is 13.9. The van der Waals surface area contributed by atoms with Gasteiger partial charge < -0.3 is 5.32 Å². The van der Waals surface area contributed by atoms with E-state index in [0.29, 0.717) is 6.04 Å². The first-order valence-corrected chi connectivity index (χ1v) is 8.14. The second-order valence-corrected chi connectivity index (χ2v) is 6.20. The van der Waals surface area contributed by atoms with E-state index in [4.69, 9.17) is 11.6 Å². The van der Waals surface area contributed by atoms with E-state index in [2.05, 4.69) is 52.4 Å². The maximum absolute atomic E-state index is 6.30. The van der Waals surface area contributed by atoms with Gasteiger partial charge in [-0.05, 0) is 30.2 Å². The molecule has 2 aromatic carbocycles. The van der Waals surface area contributed by atoms with Crippen LogP contribution in [0.5, 0.6) is 0 Å². The fraction of sp³-hybridized carbons (Fsp3) is 0.294. The van der Waals surface area contributed by atoms with Gasteiger partial charge in [0.25, 0.3) is 0 Å². The zero-order chi connectivity index (χ0) is 14.4. The van der Waals surface area contributed by atoms with Crippen molar-refractivity contribution in [1.29, 1.82) is 0 Å². The third-order valence-corrected chi connectivity index (χ3v) is 4.12. The highest BCUT2D eigenvalue weighted by Crippen LogP contribution is 2.31. The van der Waals surface area contributed by atoms with Crippen LogP contribution >= 0.6 is 27.5 Å². The molecule has 0 aliphatic rings. The predicted octanol–water partition coefficient (Wildman–Crippen LogP) is 6.45. The maximum Gasteiger partial charge on any atom is 0.0648 e. The van der Waals surface area contributed by atoms with Gasteiger partial charge in [0.15, 0.2) is 0 Å². The number of nitrogens with one attached hydrogen (secondary N) is 1. The van der Waals surface area contributed by atoms with E-state index in [9.17, 15) is 0 Å². The van der Waals surface area contributed by atoms with Crippen LogP contribution in [0.25, 0.3) is 0 Å². The Kier molecular flexibility index (Phi) is 5.93. The van der Waals surface area contributed by atoms with Crippen molar-refractivity contribution in [2.24, 2.45) is 0 Å². The highest BCUT2D eigenvalue weighted by Gasteiger charge is 2.12. The molecule has 0 saturated heterocycles. The van der Waals surface area contributed by atoms with Gasteiger partial charge in [-0.3, -0.25) is 0 Å². The van der Waals surface area contributed by atoms with Gasteiger partial charge >= 0.3 is 0 Å². The van der Waals surface area contributed by atoms with Crippen LogP contribution in [0.3, 0.4) is 0 Å². The van der Waals surface area contributed by atoms with Gasteiger partial charge in [0.1, 0.15) is 0 Å². The highest BCUT2D eigenvalue weighted by atomic mass is 79.9. The van der Waals surface area contributed by atoms with Gasteiger partial charge in [0, 0.05) is 4.47 Å². The SMILES string of the molecule is CCCCC(Nc1ccc(Br)cc1Cl)c1ccccc1. The molecule has 0 saturated carbocycles. The summed E-state index contributed by atoms with van der Waals surface area (Å²) in [6.07, 6.45) is 3.49. The van der Waals surface area contributed by atoms with E-state index in [1.165, 1.54) is 18.4 Å². The molecule has 2 aromatic rings. The normalized spacial score (nSPS) is 12.2. The Labute approximate surface area is 134 Å². The van der Waals surface area contributed by atoms with E-state index < -0.39 is 0 Å². The Morgan fingerprint density at radius 1 is 1.15 bits per heavy atom. The van der Waals surface area contributed by atoms with Gasteiger partial charge in [-0.1, -0.05) is 77.6 Å². The Balaban J connectivity index is 2.19. The van der Waals surface area contributed by atoms with Crippen molar-refractivity contribution >= 4 is 33.2 Å². The fourth-order valence-corrected chi connectivity index (χ4v) is 2.94. The van der Waals surface area contributed by atoms with Crippen LogP contribution in [-0.2, 0) is 0 Å². The molecule has 0 amide bonds. The molecule has 1 unspecified atom stereocenters. The molecule has 20 heavy (non-hydrogen) atoms. The molecule has 2 rings (SSSR count). The number of benzene rings is 2. The number of halogens is 2. The van der Waals surface area contributed by atoms with Crippen molar-refractivity contribution in [3.05, 3.63) is 63.6 Å². The topological polar surface area (TPSA) is 12.0 Å². The Morgan fingerprint density at radius 2 is 1.90 bits per heavy atom. The van der Waals surface area contributed by atoms with Gasteiger partial charge in [-0.15, -0.1) is 0 Å². The first-order valence-electron chi connectivity index (χ1n) is 6.97. The van der Waals surface area contributed by atoms with E-state index >= 15 is 0 Å². The van der Waals surface area contributed by atoms with Crippen LogP contribution < -0.4 is 5.32 Å². The van der Waals surface area contributed by atoms with Crippen molar-refractivity contribution in [3.63, 3.8) is 0 Å². The molecule has 3 heteroatoms. The van der Waals surface area contributed by atoms with Crippen molar-refractivity contribution in [2.45, 2.75) is 32.2 Å². The van der Waals surface area contributed by atoms with Crippen LogP contribution in [-0.4, -0.2) is 0 Å². The maximum atomic E-state index is 6.30. The number of unbranched alkanes of at least 4 members (excludes halogenated alkanes) is 1. The largest absolute Gasteiger partial charge is 0.377 e. The summed E-state index contributed by atoms with van der Waals surface area (Å²) in [4.78, 5) is 0. The molecule has 0 heterocycles. The lowest BCUT2D eigenvalue weighted by molar-refractivity contribution is 0.634. The lowest BCUT2D eigenvalue weighted by Gasteiger charge is -2.21. The van der Waals surface area contributed by atoms with E-state index in [0.717, 1.165) is 21.6 Å². The number of anilines is 1. The molecule has 1 N–H and O–H groups in total. The quantitative estimate of drug-likeness (QED) is 0.630. The summed E-state index contributed by atoms with van der Waals surface area (Å²) in [5.74, 6) is 0. The van der Waals surface area contributed by atoms with Crippen LogP contribution in [0.15, 0.2) is 53.0 Å². The molecule has 0 fully saturated rings. The molecular weight excluding hydrogens is 334 g/mol. The molecular formula is C17H19BrClN. The Bertz CT molecular complexity index is 542. The average molecular weight is 353 g/mol. The summed E-state index contributed by atoms with van der Waals surface area (Å²) < 4.78 is 0.998. The molecule has 0 aliphatic heterocycles.